The Morgan fingerprint density at radius 3 is 2.76 bits per heavy atom. The second-order valence-electron chi connectivity index (χ2n) is 5.83. The molecule has 0 amide bonds. The standard InChI is InChI=1S/C16H22BrF3N4.HI/c1-21-15(22-7-6-16(18,19)20)23-10-12-5-8-24(11-12)14-4-2-3-13(17)9-14;/h2-4,9,12H,5-8,10-11H2,1H3,(H2,21,22,23);1H. The lowest BCUT2D eigenvalue weighted by molar-refractivity contribution is -0.132. The summed E-state index contributed by atoms with van der Waals surface area (Å²) in [5.74, 6) is 0.852. The van der Waals surface area contributed by atoms with Gasteiger partial charge < -0.3 is 15.5 Å². The minimum atomic E-state index is -4.15. The number of alkyl halides is 3. The Labute approximate surface area is 171 Å². The zero-order valence-electron chi connectivity index (χ0n) is 13.9. The van der Waals surface area contributed by atoms with Crippen molar-refractivity contribution in [3.8, 4) is 0 Å². The number of hydrogen-bond donors (Lipinski definition) is 2. The van der Waals surface area contributed by atoms with Crippen LogP contribution in [0.2, 0.25) is 0 Å². The molecule has 1 aromatic carbocycles. The van der Waals surface area contributed by atoms with Crippen LogP contribution in [0.4, 0.5) is 18.9 Å². The highest BCUT2D eigenvalue weighted by atomic mass is 127. The van der Waals surface area contributed by atoms with Gasteiger partial charge in [0.1, 0.15) is 0 Å². The van der Waals surface area contributed by atoms with Gasteiger partial charge in [-0.2, -0.15) is 13.2 Å². The summed E-state index contributed by atoms with van der Waals surface area (Å²) in [4.78, 5) is 6.28. The van der Waals surface area contributed by atoms with Gasteiger partial charge in [-0.15, -0.1) is 24.0 Å². The molecule has 142 valence electrons. The highest BCUT2D eigenvalue weighted by Crippen LogP contribution is 2.25. The fraction of sp³-hybridized carbons (Fsp3) is 0.562. The van der Waals surface area contributed by atoms with Crippen molar-refractivity contribution in [1.82, 2.24) is 10.6 Å². The van der Waals surface area contributed by atoms with E-state index in [0.29, 0.717) is 18.4 Å². The van der Waals surface area contributed by atoms with Crippen LogP contribution >= 0.6 is 39.9 Å². The Balaban J connectivity index is 0.00000312. The molecular weight excluding hydrogens is 512 g/mol. The molecule has 4 nitrogen and oxygen atoms in total. The topological polar surface area (TPSA) is 39.7 Å². The first kappa shape index (κ1) is 22.3. The number of nitrogens with one attached hydrogen (secondary N) is 2. The van der Waals surface area contributed by atoms with Gasteiger partial charge in [-0.25, -0.2) is 0 Å². The Morgan fingerprint density at radius 1 is 1.36 bits per heavy atom. The molecule has 1 aromatic rings. The molecule has 1 fully saturated rings. The predicted octanol–water partition coefficient (Wildman–Crippen LogP) is 4.01. The first-order valence-corrected chi connectivity index (χ1v) is 8.68. The second kappa shape index (κ2) is 10.4. The molecule has 0 aromatic heterocycles. The number of nitrogens with zero attached hydrogens (tertiary/aromatic N) is 2. The maximum absolute atomic E-state index is 12.2. The van der Waals surface area contributed by atoms with E-state index in [1.807, 2.05) is 12.1 Å². The summed E-state index contributed by atoms with van der Waals surface area (Å²) < 4.78 is 37.5. The number of aliphatic imine (C=N–C) groups is 1. The average Bonchev–Trinajstić information content (AvgIpc) is 2.98. The molecule has 2 N–H and O–H groups in total. The Morgan fingerprint density at radius 2 is 2.12 bits per heavy atom. The molecule has 1 atom stereocenters. The monoisotopic (exact) mass is 534 g/mol. The van der Waals surface area contributed by atoms with E-state index in [-0.39, 0.29) is 30.5 Å². The van der Waals surface area contributed by atoms with Crippen LogP contribution in [0.25, 0.3) is 0 Å². The summed E-state index contributed by atoms with van der Waals surface area (Å²) in [6, 6.07) is 8.18. The summed E-state index contributed by atoms with van der Waals surface area (Å²) in [5.41, 5.74) is 1.18. The minimum Gasteiger partial charge on any atom is -0.371 e. The normalized spacial score (nSPS) is 18.0. The Bertz CT molecular complexity index is 569. The predicted molar refractivity (Wildman–Crippen MR) is 110 cm³/mol. The van der Waals surface area contributed by atoms with Crippen molar-refractivity contribution in [1.29, 1.82) is 0 Å². The van der Waals surface area contributed by atoms with Gasteiger partial charge in [0.05, 0.1) is 6.42 Å². The molecule has 0 radical (unpaired) electrons. The molecule has 0 bridgehead atoms. The molecule has 1 saturated heterocycles. The van der Waals surface area contributed by atoms with Crippen molar-refractivity contribution in [3.05, 3.63) is 28.7 Å². The van der Waals surface area contributed by atoms with Crippen LogP contribution in [0.1, 0.15) is 12.8 Å². The summed E-state index contributed by atoms with van der Waals surface area (Å²) in [5, 5.41) is 5.82. The first-order chi connectivity index (χ1) is 11.4. The maximum atomic E-state index is 12.2. The Kier molecular flexibility index (Phi) is 9.33. The minimum absolute atomic E-state index is 0. The molecule has 0 aliphatic carbocycles. The molecular formula is C16H23BrF3IN4. The average molecular weight is 535 g/mol. The van der Waals surface area contributed by atoms with Crippen molar-refractivity contribution in [2.75, 3.05) is 38.1 Å². The van der Waals surface area contributed by atoms with Crippen LogP contribution in [0.15, 0.2) is 33.7 Å². The number of rotatable bonds is 5. The van der Waals surface area contributed by atoms with E-state index in [0.717, 1.165) is 24.0 Å². The van der Waals surface area contributed by atoms with Gasteiger partial charge in [0.2, 0.25) is 0 Å². The van der Waals surface area contributed by atoms with Gasteiger partial charge in [-0.05, 0) is 30.5 Å². The van der Waals surface area contributed by atoms with E-state index >= 15 is 0 Å². The second-order valence-corrected chi connectivity index (χ2v) is 6.74. The van der Waals surface area contributed by atoms with Crippen molar-refractivity contribution in [2.24, 2.45) is 10.9 Å². The molecule has 2 rings (SSSR count). The van der Waals surface area contributed by atoms with Gasteiger partial charge >= 0.3 is 6.18 Å². The van der Waals surface area contributed by atoms with Crippen LogP contribution in [-0.4, -0.2) is 45.4 Å². The number of anilines is 1. The quantitative estimate of drug-likeness (QED) is 0.341. The first-order valence-electron chi connectivity index (χ1n) is 7.89. The lowest BCUT2D eigenvalue weighted by Gasteiger charge is -2.20. The molecule has 1 unspecified atom stereocenters. The number of guanidine groups is 1. The number of halogens is 5. The van der Waals surface area contributed by atoms with E-state index in [9.17, 15) is 13.2 Å². The number of benzene rings is 1. The highest BCUT2D eigenvalue weighted by molar-refractivity contribution is 14.0. The zero-order chi connectivity index (χ0) is 17.6. The van der Waals surface area contributed by atoms with Crippen LogP contribution < -0.4 is 15.5 Å². The van der Waals surface area contributed by atoms with Crippen LogP contribution in [-0.2, 0) is 0 Å². The molecule has 1 aliphatic heterocycles. The zero-order valence-corrected chi connectivity index (χ0v) is 17.9. The van der Waals surface area contributed by atoms with Gasteiger partial charge in [-0.1, -0.05) is 22.0 Å². The van der Waals surface area contributed by atoms with Crippen LogP contribution in [0.5, 0.6) is 0 Å². The molecule has 0 saturated carbocycles. The third-order valence-corrected chi connectivity index (χ3v) is 4.44. The Hall–Kier alpha value is -0.710. The van der Waals surface area contributed by atoms with Crippen molar-refractivity contribution in [2.45, 2.75) is 19.0 Å². The van der Waals surface area contributed by atoms with E-state index in [4.69, 9.17) is 0 Å². The van der Waals surface area contributed by atoms with Crippen molar-refractivity contribution in [3.63, 3.8) is 0 Å². The largest absolute Gasteiger partial charge is 0.390 e. The van der Waals surface area contributed by atoms with E-state index in [1.54, 1.807) is 7.05 Å². The summed E-state index contributed by atoms with van der Waals surface area (Å²) in [6.07, 6.45) is -3.98. The third-order valence-electron chi connectivity index (χ3n) is 3.94. The molecule has 0 spiro atoms. The molecule has 25 heavy (non-hydrogen) atoms. The lowest BCUT2D eigenvalue weighted by Crippen LogP contribution is -2.41. The smallest absolute Gasteiger partial charge is 0.371 e. The van der Waals surface area contributed by atoms with E-state index < -0.39 is 12.6 Å². The van der Waals surface area contributed by atoms with E-state index in [2.05, 4.69) is 48.6 Å². The van der Waals surface area contributed by atoms with Gasteiger partial charge in [0.15, 0.2) is 5.96 Å². The van der Waals surface area contributed by atoms with E-state index in [1.165, 1.54) is 5.69 Å². The molecule has 9 heteroatoms. The van der Waals surface area contributed by atoms with Gasteiger partial charge in [0.25, 0.3) is 0 Å². The summed E-state index contributed by atoms with van der Waals surface area (Å²) >= 11 is 3.48. The summed E-state index contributed by atoms with van der Waals surface area (Å²) in [6.45, 7) is 2.42. The van der Waals surface area contributed by atoms with Gasteiger partial charge in [-0.3, -0.25) is 4.99 Å². The summed E-state index contributed by atoms with van der Waals surface area (Å²) in [7, 11) is 1.56. The molecule has 1 heterocycles. The third kappa shape index (κ3) is 8.02. The van der Waals surface area contributed by atoms with Crippen LogP contribution in [0.3, 0.4) is 0 Å². The fourth-order valence-electron chi connectivity index (χ4n) is 2.69. The SMILES string of the molecule is CN=C(NCCC(F)(F)F)NCC1CCN(c2cccc(Br)c2)C1.I. The van der Waals surface area contributed by atoms with Crippen molar-refractivity contribution >= 4 is 51.6 Å². The number of hydrogen-bond acceptors (Lipinski definition) is 2. The molecule has 1 aliphatic rings. The maximum Gasteiger partial charge on any atom is 0.390 e. The fourth-order valence-corrected chi connectivity index (χ4v) is 3.08. The highest BCUT2D eigenvalue weighted by Gasteiger charge is 2.26. The van der Waals surface area contributed by atoms with Crippen molar-refractivity contribution < 1.29 is 13.2 Å². The van der Waals surface area contributed by atoms with Gasteiger partial charge in [0, 0.05) is 43.4 Å². The van der Waals surface area contributed by atoms with Crippen LogP contribution in [0, 0.1) is 5.92 Å². The lowest BCUT2D eigenvalue weighted by atomic mass is 10.1.